The summed E-state index contributed by atoms with van der Waals surface area (Å²) in [6.45, 7) is 3.87. The van der Waals surface area contributed by atoms with Crippen molar-refractivity contribution in [2.75, 3.05) is 25.0 Å². The molecular weight excluding hydrogens is 256 g/mol. The minimum Gasteiger partial charge on any atom is -0.353 e. The SMILES string of the molecule is CNCCC1CCCCN1c1ncc([N+](=O)[O-])cc1C. The maximum absolute atomic E-state index is 10.8. The van der Waals surface area contributed by atoms with Crippen LogP contribution in [0.3, 0.4) is 0 Å². The van der Waals surface area contributed by atoms with Crippen LogP contribution in [0.25, 0.3) is 0 Å². The fourth-order valence-corrected chi connectivity index (χ4v) is 2.84. The van der Waals surface area contributed by atoms with Crippen molar-refractivity contribution < 1.29 is 4.92 Å². The second-order valence-electron chi connectivity index (χ2n) is 5.33. The fourth-order valence-electron chi connectivity index (χ4n) is 2.84. The Balaban J connectivity index is 2.21. The first-order valence-corrected chi connectivity index (χ1v) is 7.15. The average molecular weight is 278 g/mol. The zero-order valence-corrected chi connectivity index (χ0v) is 12.1. The normalized spacial score (nSPS) is 19.1. The number of aromatic nitrogens is 1. The number of hydrogen-bond acceptors (Lipinski definition) is 5. The number of nitrogens with one attached hydrogen (secondary N) is 1. The van der Waals surface area contributed by atoms with Crippen molar-refractivity contribution in [3.05, 3.63) is 27.9 Å². The number of hydrogen-bond donors (Lipinski definition) is 1. The molecule has 2 heterocycles. The molecule has 2 rings (SSSR count). The van der Waals surface area contributed by atoms with Gasteiger partial charge in [-0.2, -0.15) is 0 Å². The van der Waals surface area contributed by atoms with Crippen LogP contribution in [0, 0.1) is 17.0 Å². The molecule has 1 aliphatic rings. The minimum absolute atomic E-state index is 0.0648. The molecule has 20 heavy (non-hydrogen) atoms. The summed E-state index contributed by atoms with van der Waals surface area (Å²) in [5.41, 5.74) is 0.950. The zero-order valence-electron chi connectivity index (χ0n) is 12.1. The molecule has 0 aromatic carbocycles. The molecule has 0 bridgehead atoms. The van der Waals surface area contributed by atoms with E-state index in [9.17, 15) is 10.1 Å². The van der Waals surface area contributed by atoms with Gasteiger partial charge in [-0.15, -0.1) is 0 Å². The first-order chi connectivity index (χ1) is 9.63. The van der Waals surface area contributed by atoms with E-state index in [2.05, 4.69) is 15.2 Å². The highest BCUT2D eigenvalue weighted by atomic mass is 16.6. The molecule has 1 aromatic rings. The van der Waals surface area contributed by atoms with E-state index in [1.807, 2.05) is 14.0 Å². The van der Waals surface area contributed by atoms with Crippen LogP contribution < -0.4 is 10.2 Å². The fraction of sp³-hybridized carbons (Fsp3) is 0.643. The third kappa shape index (κ3) is 3.25. The van der Waals surface area contributed by atoms with Gasteiger partial charge in [-0.1, -0.05) is 0 Å². The summed E-state index contributed by atoms with van der Waals surface area (Å²) in [6, 6.07) is 2.09. The quantitative estimate of drug-likeness (QED) is 0.661. The molecular formula is C14H22N4O2. The standard InChI is InChI=1S/C14H22N4O2/c1-11-9-13(18(19)20)10-16-14(11)17-8-4-3-5-12(17)6-7-15-2/h9-10,12,15H,3-8H2,1-2H3. The van der Waals surface area contributed by atoms with Gasteiger partial charge in [0, 0.05) is 18.7 Å². The summed E-state index contributed by atoms with van der Waals surface area (Å²) in [4.78, 5) is 17.1. The Labute approximate surface area is 119 Å². The van der Waals surface area contributed by atoms with E-state index >= 15 is 0 Å². The van der Waals surface area contributed by atoms with Gasteiger partial charge in [0.05, 0.1) is 4.92 Å². The molecule has 110 valence electrons. The molecule has 6 nitrogen and oxygen atoms in total. The van der Waals surface area contributed by atoms with E-state index in [4.69, 9.17) is 0 Å². The van der Waals surface area contributed by atoms with Gasteiger partial charge in [0.15, 0.2) is 0 Å². The molecule has 0 spiro atoms. The number of aryl methyl sites for hydroxylation is 1. The molecule has 1 aromatic heterocycles. The molecule has 1 N–H and O–H groups in total. The Hall–Kier alpha value is -1.69. The summed E-state index contributed by atoms with van der Waals surface area (Å²) in [7, 11) is 1.96. The highest BCUT2D eigenvalue weighted by Crippen LogP contribution is 2.28. The first kappa shape index (κ1) is 14.7. The third-order valence-corrected chi connectivity index (χ3v) is 3.87. The van der Waals surface area contributed by atoms with Gasteiger partial charge >= 0.3 is 0 Å². The second kappa shape index (κ2) is 6.65. The number of nitrogens with zero attached hydrogens (tertiary/aromatic N) is 3. The van der Waals surface area contributed by atoms with Crippen molar-refractivity contribution >= 4 is 11.5 Å². The molecule has 6 heteroatoms. The number of anilines is 1. The smallest absolute Gasteiger partial charge is 0.287 e. The Morgan fingerprint density at radius 2 is 2.35 bits per heavy atom. The largest absolute Gasteiger partial charge is 0.353 e. The lowest BCUT2D eigenvalue weighted by atomic mass is 9.98. The van der Waals surface area contributed by atoms with Gasteiger partial charge in [0.1, 0.15) is 12.0 Å². The van der Waals surface area contributed by atoms with Crippen LogP contribution in [0.1, 0.15) is 31.2 Å². The maximum Gasteiger partial charge on any atom is 0.287 e. The van der Waals surface area contributed by atoms with Gasteiger partial charge in [0.25, 0.3) is 5.69 Å². The molecule has 1 fully saturated rings. The first-order valence-electron chi connectivity index (χ1n) is 7.15. The van der Waals surface area contributed by atoms with Crippen LogP contribution >= 0.6 is 0 Å². The summed E-state index contributed by atoms with van der Waals surface area (Å²) in [6.07, 6.45) is 6.02. The lowest BCUT2D eigenvalue weighted by molar-refractivity contribution is -0.385. The third-order valence-electron chi connectivity index (χ3n) is 3.87. The maximum atomic E-state index is 10.8. The van der Waals surface area contributed by atoms with E-state index in [0.29, 0.717) is 6.04 Å². The monoisotopic (exact) mass is 278 g/mol. The highest BCUT2D eigenvalue weighted by Gasteiger charge is 2.25. The lowest BCUT2D eigenvalue weighted by Gasteiger charge is -2.37. The molecule has 0 radical (unpaired) electrons. The van der Waals surface area contributed by atoms with Gasteiger partial charge < -0.3 is 10.2 Å². The van der Waals surface area contributed by atoms with Crippen LogP contribution in [0.5, 0.6) is 0 Å². The molecule has 0 amide bonds. The summed E-state index contributed by atoms with van der Waals surface area (Å²) >= 11 is 0. The summed E-state index contributed by atoms with van der Waals surface area (Å²) < 4.78 is 0. The number of pyridine rings is 1. The highest BCUT2D eigenvalue weighted by molar-refractivity contribution is 5.51. The van der Waals surface area contributed by atoms with Crippen LogP contribution in [0.4, 0.5) is 11.5 Å². The molecule has 1 unspecified atom stereocenters. The molecule has 1 saturated heterocycles. The molecule has 0 aliphatic carbocycles. The Morgan fingerprint density at radius 1 is 1.55 bits per heavy atom. The van der Waals surface area contributed by atoms with Crippen molar-refractivity contribution in [1.82, 2.24) is 10.3 Å². The Morgan fingerprint density at radius 3 is 3.00 bits per heavy atom. The predicted octanol–water partition coefficient (Wildman–Crippen LogP) is 2.27. The van der Waals surface area contributed by atoms with Gasteiger partial charge in [-0.3, -0.25) is 10.1 Å². The van der Waals surface area contributed by atoms with Crippen LogP contribution in [-0.2, 0) is 0 Å². The van der Waals surface area contributed by atoms with Crippen molar-refractivity contribution in [2.45, 2.75) is 38.6 Å². The number of rotatable bonds is 5. The zero-order chi connectivity index (χ0) is 14.5. The second-order valence-corrected chi connectivity index (χ2v) is 5.33. The number of nitro groups is 1. The van der Waals surface area contributed by atoms with Crippen molar-refractivity contribution in [3.8, 4) is 0 Å². The summed E-state index contributed by atoms with van der Waals surface area (Å²) in [5, 5.41) is 14.0. The lowest BCUT2D eigenvalue weighted by Crippen LogP contribution is -2.41. The van der Waals surface area contributed by atoms with Crippen molar-refractivity contribution in [2.24, 2.45) is 0 Å². The van der Waals surface area contributed by atoms with Crippen LogP contribution in [0.2, 0.25) is 0 Å². The van der Waals surface area contributed by atoms with E-state index in [0.717, 1.165) is 37.3 Å². The molecule has 1 atom stereocenters. The topological polar surface area (TPSA) is 71.3 Å². The van der Waals surface area contributed by atoms with E-state index < -0.39 is 4.92 Å². The van der Waals surface area contributed by atoms with Crippen LogP contribution in [0.15, 0.2) is 12.3 Å². The Bertz CT molecular complexity index is 478. The van der Waals surface area contributed by atoms with Gasteiger partial charge in [0.2, 0.25) is 0 Å². The van der Waals surface area contributed by atoms with Gasteiger partial charge in [-0.05, 0) is 51.8 Å². The van der Waals surface area contributed by atoms with Crippen molar-refractivity contribution in [1.29, 1.82) is 0 Å². The average Bonchev–Trinajstić information content (AvgIpc) is 2.45. The van der Waals surface area contributed by atoms with E-state index in [1.165, 1.54) is 19.0 Å². The van der Waals surface area contributed by atoms with Crippen molar-refractivity contribution in [3.63, 3.8) is 0 Å². The molecule has 0 saturated carbocycles. The predicted molar refractivity (Wildman–Crippen MR) is 79.2 cm³/mol. The number of piperidine rings is 1. The Kier molecular flexibility index (Phi) is 4.89. The van der Waals surface area contributed by atoms with E-state index in [1.54, 1.807) is 6.07 Å². The minimum atomic E-state index is -0.390. The van der Waals surface area contributed by atoms with E-state index in [-0.39, 0.29) is 5.69 Å². The van der Waals surface area contributed by atoms with Crippen LogP contribution in [-0.4, -0.2) is 36.1 Å². The van der Waals surface area contributed by atoms with Gasteiger partial charge in [-0.25, -0.2) is 4.98 Å². The molecule has 1 aliphatic heterocycles. The summed E-state index contributed by atoms with van der Waals surface area (Å²) in [5.74, 6) is 0.899.